The van der Waals surface area contributed by atoms with Gasteiger partial charge >= 0.3 is 0 Å². The van der Waals surface area contributed by atoms with Gasteiger partial charge in [-0.2, -0.15) is 0 Å². The number of rotatable bonds is 4. The van der Waals surface area contributed by atoms with Crippen molar-refractivity contribution in [3.63, 3.8) is 0 Å². The highest BCUT2D eigenvalue weighted by molar-refractivity contribution is 5.82. The van der Waals surface area contributed by atoms with Crippen molar-refractivity contribution in [1.82, 2.24) is 10.6 Å². The van der Waals surface area contributed by atoms with Crippen molar-refractivity contribution in [2.24, 2.45) is 5.41 Å². The van der Waals surface area contributed by atoms with Gasteiger partial charge in [-0.15, -0.1) is 0 Å². The predicted molar refractivity (Wildman–Crippen MR) is 70.0 cm³/mol. The van der Waals surface area contributed by atoms with Gasteiger partial charge in [-0.1, -0.05) is 18.2 Å². The zero-order valence-corrected chi connectivity index (χ0v) is 10.9. The van der Waals surface area contributed by atoms with Gasteiger partial charge in [0, 0.05) is 18.7 Å². The van der Waals surface area contributed by atoms with Crippen molar-refractivity contribution in [2.75, 3.05) is 19.6 Å². The summed E-state index contributed by atoms with van der Waals surface area (Å²) in [6.45, 7) is 3.36. The first-order valence-electron chi connectivity index (χ1n) is 6.44. The first kappa shape index (κ1) is 14.0. The van der Waals surface area contributed by atoms with E-state index in [0.717, 1.165) is 13.0 Å². The summed E-state index contributed by atoms with van der Waals surface area (Å²) in [5.74, 6) is -0.564. The van der Waals surface area contributed by atoms with E-state index in [0.29, 0.717) is 6.54 Å². The predicted octanol–water partition coefficient (Wildman–Crippen LogP) is 0.975. The van der Waals surface area contributed by atoms with Gasteiger partial charge < -0.3 is 15.7 Å². The molecule has 104 valence electrons. The number of carbonyl (C=O) groups excluding carboxylic acids is 1. The van der Waals surface area contributed by atoms with Gasteiger partial charge in [-0.25, -0.2) is 4.39 Å². The molecule has 1 amide bonds. The maximum absolute atomic E-state index is 13.5. The summed E-state index contributed by atoms with van der Waals surface area (Å²) in [7, 11) is 0. The molecule has 0 aromatic heterocycles. The summed E-state index contributed by atoms with van der Waals surface area (Å²) in [6.07, 6.45) is -0.252. The van der Waals surface area contributed by atoms with Crippen LogP contribution in [0.1, 0.15) is 25.0 Å². The van der Waals surface area contributed by atoms with Crippen molar-refractivity contribution in [2.45, 2.75) is 19.4 Å². The Morgan fingerprint density at radius 1 is 1.58 bits per heavy atom. The normalized spacial score (nSPS) is 24.2. The van der Waals surface area contributed by atoms with E-state index in [9.17, 15) is 14.3 Å². The highest BCUT2D eigenvalue weighted by atomic mass is 19.1. The lowest BCUT2D eigenvalue weighted by Gasteiger charge is -2.22. The van der Waals surface area contributed by atoms with E-state index < -0.39 is 17.3 Å². The van der Waals surface area contributed by atoms with Gasteiger partial charge in [-0.3, -0.25) is 4.79 Å². The standard InChI is InChI=1S/C14H19FN2O2/c1-14(6-7-16-9-14)13(19)17-8-12(18)10-4-2-3-5-11(10)15/h2-5,12,16,18H,6-9H2,1H3,(H,17,19)/t12-,14-/m1/s1. The number of amides is 1. The van der Waals surface area contributed by atoms with E-state index in [-0.39, 0.29) is 18.0 Å². The molecule has 5 heteroatoms. The summed E-state index contributed by atoms with van der Waals surface area (Å²) >= 11 is 0. The number of carbonyl (C=O) groups is 1. The number of halogens is 1. The Kier molecular flexibility index (Phi) is 4.17. The van der Waals surface area contributed by atoms with Crippen molar-refractivity contribution >= 4 is 5.91 Å². The first-order valence-corrected chi connectivity index (χ1v) is 6.44. The van der Waals surface area contributed by atoms with Gasteiger partial charge in [0.2, 0.25) is 5.91 Å². The molecule has 0 unspecified atom stereocenters. The van der Waals surface area contributed by atoms with Crippen LogP contribution in [0.25, 0.3) is 0 Å². The molecule has 0 aliphatic carbocycles. The van der Waals surface area contributed by atoms with Crippen LogP contribution in [0, 0.1) is 11.2 Å². The molecule has 0 spiro atoms. The van der Waals surface area contributed by atoms with Crippen LogP contribution in [0.4, 0.5) is 4.39 Å². The minimum absolute atomic E-state index is 0.0232. The zero-order valence-electron chi connectivity index (χ0n) is 10.9. The highest BCUT2D eigenvalue weighted by Crippen LogP contribution is 2.24. The maximum Gasteiger partial charge on any atom is 0.227 e. The second-order valence-electron chi connectivity index (χ2n) is 5.23. The van der Waals surface area contributed by atoms with Crippen LogP contribution in [0.3, 0.4) is 0 Å². The third-order valence-electron chi connectivity index (χ3n) is 3.64. The second kappa shape index (κ2) is 5.67. The molecule has 1 heterocycles. The Labute approximate surface area is 112 Å². The fourth-order valence-corrected chi connectivity index (χ4v) is 2.27. The minimum Gasteiger partial charge on any atom is -0.386 e. The third-order valence-corrected chi connectivity index (χ3v) is 3.64. The molecule has 0 saturated carbocycles. The lowest BCUT2D eigenvalue weighted by Crippen LogP contribution is -2.42. The van der Waals surface area contributed by atoms with Crippen LogP contribution in [0.5, 0.6) is 0 Å². The Morgan fingerprint density at radius 2 is 2.32 bits per heavy atom. The molecule has 0 bridgehead atoms. The molecule has 1 aliphatic rings. The van der Waals surface area contributed by atoms with E-state index >= 15 is 0 Å². The lowest BCUT2D eigenvalue weighted by atomic mass is 9.89. The quantitative estimate of drug-likeness (QED) is 0.761. The summed E-state index contributed by atoms with van der Waals surface area (Å²) in [5, 5.41) is 15.7. The number of hydrogen-bond acceptors (Lipinski definition) is 3. The van der Waals surface area contributed by atoms with Crippen molar-refractivity contribution in [3.05, 3.63) is 35.6 Å². The fourth-order valence-electron chi connectivity index (χ4n) is 2.27. The van der Waals surface area contributed by atoms with Crippen molar-refractivity contribution < 1.29 is 14.3 Å². The monoisotopic (exact) mass is 266 g/mol. The molecule has 1 aromatic rings. The fraction of sp³-hybridized carbons (Fsp3) is 0.500. The van der Waals surface area contributed by atoms with Crippen molar-refractivity contribution in [3.8, 4) is 0 Å². The molecule has 1 fully saturated rings. The molecule has 2 atom stereocenters. The number of hydrogen-bond donors (Lipinski definition) is 3. The SMILES string of the molecule is C[C@@]1(C(=O)NC[C@@H](O)c2ccccc2F)CCNC1. The van der Waals surface area contributed by atoms with E-state index in [1.54, 1.807) is 12.1 Å². The average Bonchev–Trinajstić information content (AvgIpc) is 2.84. The minimum atomic E-state index is -1.02. The van der Waals surface area contributed by atoms with E-state index in [2.05, 4.69) is 10.6 Å². The van der Waals surface area contributed by atoms with E-state index in [4.69, 9.17) is 0 Å². The molecule has 3 N–H and O–H groups in total. The first-order chi connectivity index (χ1) is 9.03. The van der Waals surface area contributed by atoms with Gasteiger partial charge in [0.25, 0.3) is 0 Å². The molecular formula is C14H19FN2O2. The molecule has 19 heavy (non-hydrogen) atoms. The van der Waals surface area contributed by atoms with Crippen LogP contribution in [0.2, 0.25) is 0 Å². The van der Waals surface area contributed by atoms with E-state index in [1.807, 2.05) is 6.92 Å². The van der Waals surface area contributed by atoms with E-state index in [1.165, 1.54) is 12.1 Å². The summed E-state index contributed by atoms with van der Waals surface area (Å²) in [4.78, 5) is 12.0. The molecule has 1 aromatic carbocycles. The van der Waals surface area contributed by atoms with Gasteiger partial charge in [0.05, 0.1) is 11.5 Å². The van der Waals surface area contributed by atoms with Gasteiger partial charge in [0.1, 0.15) is 5.82 Å². The highest BCUT2D eigenvalue weighted by Gasteiger charge is 2.36. The van der Waals surface area contributed by atoms with Crippen LogP contribution in [-0.4, -0.2) is 30.6 Å². The Morgan fingerprint density at radius 3 is 2.95 bits per heavy atom. The molecular weight excluding hydrogens is 247 g/mol. The second-order valence-corrected chi connectivity index (χ2v) is 5.23. The Balaban J connectivity index is 1.92. The Hall–Kier alpha value is -1.46. The van der Waals surface area contributed by atoms with Crippen LogP contribution >= 0.6 is 0 Å². The maximum atomic E-state index is 13.5. The molecule has 0 radical (unpaired) electrons. The summed E-state index contributed by atoms with van der Waals surface area (Å²) in [5.41, 5.74) is -0.230. The van der Waals surface area contributed by atoms with Crippen LogP contribution in [-0.2, 0) is 4.79 Å². The average molecular weight is 266 g/mol. The third kappa shape index (κ3) is 3.11. The largest absolute Gasteiger partial charge is 0.386 e. The summed E-state index contributed by atoms with van der Waals surface area (Å²) in [6, 6.07) is 6.04. The molecule has 1 saturated heterocycles. The smallest absolute Gasteiger partial charge is 0.227 e. The zero-order chi connectivity index (χ0) is 13.9. The molecule has 4 nitrogen and oxygen atoms in total. The number of aliphatic hydroxyl groups excluding tert-OH is 1. The van der Waals surface area contributed by atoms with Crippen LogP contribution in [0.15, 0.2) is 24.3 Å². The topological polar surface area (TPSA) is 61.4 Å². The molecule has 1 aliphatic heterocycles. The van der Waals surface area contributed by atoms with Crippen LogP contribution < -0.4 is 10.6 Å². The number of aliphatic hydroxyl groups is 1. The van der Waals surface area contributed by atoms with Gasteiger partial charge in [0.15, 0.2) is 0 Å². The summed E-state index contributed by atoms with van der Waals surface area (Å²) < 4.78 is 13.5. The molecule has 2 rings (SSSR count). The number of benzene rings is 1. The number of nitrogens with one attached hydrogen (secondary N) is 2. The Bertz CT molecular complexity index is 459. The van der Waals surface area contributed by atoms with Crippen molar-refractivity contribution in [1.29, 1.82) is 0 Å². The lowest BCUT2D eigenvalue weighted by molar-refractivity contribution is -0.129. The van der Waals surface area contributed by atoms with Gasteiger partial charge in [-0.05, 0) is 26.0 Å².